The maximum absolute atomic E-state index is 13.7. The van der Waals surface area contributed by atoms with Crippen LogP contribution in [0.4, 0.5) is 13.2 Å². The minimum Gasteiger partial charge on any atom is -0.478 e. The molecule has 4 rings (SSSR count). The SMILES string of the molecule is Cn1nc(C(F)(F)F)c(C(=O)NC2(c3ccc(C(=O)O)cc3)CC2)c1Oc1ccc(Cl)cc1. The topological polar surface area (TPSA) is 93.5 Å². The molecule has 1 aromatic heterocycles. The van der Waals surface area contributed by atoms with Crippen LogP contribution < -0.4 is 10.1 Å². The highest BCUT2D eigenvalue weighted by atomic mass is 35.5. The average molecular weight is 480 g/mol. The first kappa shape index (κ1) is 22.7. The normalized spacial score (nSPS) is 14.6. The molecule has 1 amide bonds. The van der Waals surface area contributed by atoms with Crippen molar-refractivity contribution in [1.29, 1.82) is 0 Å². The number of carbonyl (C=O) groups excluding carboxylic acids is 1. The van der Waals surface area contributed by atoms with Crippen molar-refractivity contribution in [3.8, 4) is 11.6 Å². The molecular weight excluding hydrogens is 463 g/mol. The summed E-state index contributed by atoms with van der Waals surface area (Å²) < 4.78 is 47.5. The summed E-state index contributed by atoms with van der Waals surface area (Å²) in [5.74, 6) is -2.31. The van der Waals surface area contributed by atoms with Crippen molar-refractivity contribution in [2.75, 3.05) is 0 Å². The van der Waals surface area contributed by atoms with Crippen molar-refractivity contribution in [2.24, 2.45) is 7.05 Å². The fourth-order valence-corrected chi connectivity index (χ4v) is 3.59. The smallest absolute Gasteiger partial charge is 0.436 e. The van der Waals surface area contributed by atoms with Gasteiger partial charge in [-0.25, -0.2) is 9.48 Å². The number of nitrogens with one attached hydrogen (secondary N) is 1. The summed E-state index contributed by atoms with van der Waals surface area (Å²) in [5, 5.41) is 15.6. The molecule has 2 N–H and O–H groups in total. The lowest BCUT2D eigenvalue weighted by Crippen LogP contribution is -2.36. The fourth-order valence-electron chi connectivity index (χ4n) is 3.47. The van der Waals surface area contributed by atoms with Crippen molar-refractivity contribution in [3.63, 3.8) is 0 Å². The Morgan fingerprint density at radius 3 is 2.24 bits per heavy atom. The zero-order valence-corrected chi connectivity index (χ0v) is 17.9. The van der Waals surface area contributed by atoms with Crippen molar-refractivity contribution in [1.82, 2.24) is 15.1 Å². The first-order chi connectivity index (χ1) is 15.5. The third-order valence-electron chi connectivity index (χ3n) is 5.31. The van der Waals surface area contributed by atoms with Crippen LogP contribution >= 0.6 is 11.6 Å². The highest BCUT2D eigenvalue weighted by Gasteiger charge is 2.49. The number of hydrogen-bond acceptors (Lipinski definition) is 4. The fraction of sp³-hybridized carbons (Fsp3) is 0.227. The van der Waals surface area contributed by atoms with Gasteiger partial charge in [-0.1, -0.05) is 23.7 Å². The van der Waals surface area contributed by atoms with Gasteiger partial charge in [-0.05, 0) is 54.8 Å². The summed E-state index contributed by atoms with van der Waals surface area (Å²) in [7, 11) is 1.24. The summed E-state index contributed by atoms with van der Waals surface area (Å²) in [5.41, 5.74) is -2.36. The highest BCUT2D eigenvalue weighted by Crippen LogP contribution is 2.46. The van der Waals surface area contributed by atoms with Crippen LogP contribution in [0.1, 0.15) is 44.8 Å². The number of carboxylic acid groups (broad SMARTS) is 1. The zero-order valence-electron chi connectivity index (χ0n) is 17.1. The highest BCUT2D eigenvalue weighted by molar-refractivity contribution is 6.30. The number of nitrogens with zero attached hydrogens (tertiary/aromatic N) is 2. The maximum atomic E-state index is 13.7. The van der Waals surface area contributed by atoms with Crippen LogP contribution in [0.2, 0.25) is 5.02 Å². The van der Waals surface area contributed by atoms with Crippen LogP contribution in [-0.4, -0.2) is 26.8 Å². The number of aromatic carboxylic acids is 1. The van der Waals surface area contributed by atoms with E-state index >= 15 is 0 Å². The number of halogens is 4. The molecule has 1 heterocycles. The standard InChI is InChI=1S/C22H17ClF3N3O4/c1-29-19(33-15-8-6-14(23)7-9-15)16(17(28-29)22(24,25)26)18(30)27-21(10-11-21)13-4-2-12(3-5-13)20(31)32/h2-9H,10-11H2,1H3,(H,27,30)(H,31,32). The van der Waals surface area contributed by atoms with Gasteiger partial charge in [0.05, 0.1) is 11.1 Å². The lowest BCUT2D eigenvalue weighted by atomic mass is 10.0. The van der Waals surface area contributed by atoms with Gasteiger partial charge in [0.15, 0.2) is 5.69 Å². The Morgan fingerprint density at radius 1 is 1.12 bits per heavy atom. The molecule has 2 aromatic carbocycles. The van der Waals surface area contributed by atoms with E-state index in [1.165, 1.54) is 55.6 Å². The third-order valence-corrected chi connectivity index (χ3v) is 5.56. The second-order valence-corrected chi connectivity index (χ2v) is 8.06. The molecule has 0 spiro atoms. The molecule has 7 nitrogen and oxygen atoms in total. The molecule has 0 atom stereocenters. The van der Waals surface area contributed by atoms with Crippen molar-refractivity contribution < 1.29 is 32.6 Å². The largest absolute Gasteiger partial charge is 0.478 e. The number of rotatable bonds is 6. The number of ether oxygens (including phenoxy) is 1. The van der Waals surface area contributed by atoms with Gasteiger partial charge < -0.3 is 15.2 Å². The van der Waals surface area contributed by atoms with Gasteiger partial charge in [0.2, 0.25) is 5.88 Å². The van der Waals surface area contributed by atoms with E-state index in [1.54, 1.807) is 0 Å². The lowest BCUT2D eigenvalue weighted by Gasteiger charge is -2.19. The number of hydrogen-bond donors (Lipinski definition) is 2. The van der Waals surface area contributed by atoms with Gasteiger partial charge >= 0.3 is 12.1 Å². The molecule has 0 radical (unpaired) electrons. The molecular formula is C22H17ClF3N3O4. The van der Waals surface area contributed by atoms with Crippen LogP contribution in [0.3, 0.4) is 0 Å². The van der Waals surface area contributed by atoms with Crippen LogP contribution in [0.15, 0.2) is 48.5 Å². The molecule has 1 saturated carbocycles. The number of carboxylic acids is 1. The summed E-state index contributed by atoms with van der Waals surface area (Å²) in [4.78, 5) is 24.2. The Balaban J connectivity index is 1.68. The van der Waals surface area contributed by atoms with Gasteiger partial charge in [-0.2, -0.15) is 18.3 Å². The van der Waals surface area contributed by atoms with E-state index in [1.807, 2.05) is 0 Å². The second kappa shape index (κ2) is 8.11. The van der Waals surface area contributed by atoms with Crippen molar-refractivity contribution in [2.45, 2.75) is 24.6 Å². The summed E-state index contributed by atoms with van der Waals surface area (Å²) in [6, 6.07) is 11.7. The predicted octanol–water partition coefficient (Wildman–Crippen LogP) is 5.00. The van der Waals surface area contributed by atoms with E-state index in [0.29, 0.717) is 23.4 Å². The zero-order chi connectivity index (χ0) is 24.0. The van der Waals surface area contributed by atoms with Crippen molar-refractivity contribution >= 4 is 23.5 Å². The number of amides is 1. The first-order valence-electron chi connectivity index (χ1n) is 9.74. The molecule has 0 saturated heterocycles. The predicted molar refractivity (Wildman–Crippen MR) is 112 cm³/mol. The molecule has 0 unspecified atom stereocenters. The number of aromatic nitrogens is 2. The summed E-state index contributed by atoms with van der Waals surface area (Å²) in [6.45, 7) is 0. The first-order valence-corrected chi connectivity index (χ1v) is 10.1. The van der Waals surface area contributed by atoms with Gasteiger partial charge in [0.1, 0.15) is 11.3 Å². The number of benzene rings is 2. The van der Waals surface area contributed by atoms with E-state index < -0.39 is 34.8 Å². The quantitative estimate of drug-likeness (QED) is 0.519. The number of aryl methyl sites for hydroxylation is 1. The molecule has 172 valence electrons. The van der Waals surface area contributed by atoms with Crippen LogP contribution in [0, 0.1) is 0 Å². The van der Waals surface area contributed by atoms with Gasteiger partial charge in [-0.15, -0.1) is 0 Å². The molecule has 1 aliphatic carbocycles. The van der Waals surface area contributed by atoms with E-state index in [-0.39, 0.29) is 17.2 Å². The Morgan fingerprint density at radius 2 is 1.73 bits per heavy atom. The Hall–Kier alpha value is -3.53. The molecule has 1 fully saturated rings. The Labute approximate surface area is 190 Å². The third kappa shape index (κ3) is 4.51. The average Bonchev–Trinajstić information content (AvgIpc) is 3.45. The summed E-state index contributed by atoms with van der Waals surface area (Å²) >= 11 is 5.84. The lowest BCUT2D eigenvalue weighted by molar-refractivity contribution is -0.141. The summed E-state index contributed by atoms with van der Waals surface area (Å²) in [6.07, 6.45) is -3.92. The molecule has 3 aromatic rings. The van der Waals surface area contributed by atoms with Crippen LogP contribution in [0.5, 0.6) is 11.6 Å². The minimum absolute atomic E-state index is 0.0612. The van der Waals surface area contributed by atoms with Crippen molar-refractivity contribution in [3.05, 3.63) is 75.9 Å². The number of alkyl halides is 3. The molecule has 0 bridgehead atoms. The Kier molecular flexibility index (Phi) is 5.57. The van der Waals surface area contributed by atoms with E-state index in [4.69, 9.17) is 21.4 Å². The van der Waals surface area contributed by atoms with Crippen LogP contribution in [-0.2, 0) is 18.8 Å². The minimum atomic E-state index is -4.90. The van der Waals surface area contributed by atoms with E-state index in [9.17, 15) is 22.8 Å². The number of carbonyl (C=O) groups is 2. The molecule has 33 heavy (non-hydrogen) atoms. The van der Waals surface area contributed by atoms with Crippen LogP contribution in [0.25, 0.3) is 0 Å². The maximum Gasteiger partial charge on any atom is 0.436 e. The molecule has 11 heteroatoms. The molecule has 1 aliphatic rings. The molecule has 0 aliphatic heterocycles. The van der Waals surface area contributed by atoms with E-state index in [2.05, 4.69) is 10.4 Å². The van der Waals surface area contributed by atoms with E-state index in [0.717, 1.165) is 4.68 Å². The second-order valence-electron chi connectivity index (χ2n) is 7.62. The van der Waals surface area contributed by atoms with Gasteiger partial charge in [0.25, 0.3) is 5.91 Å². The van der Waals surface area contributed by atoms with Gasteiger partial charge in [0, 0.05) is 12.1 Å². The van der Waals surface area contributed by atoms with Gasteiger partial charge in [-0.3, -0.25) is 4.79 Å². The Bertz CT molecular complexity index is 1220. The monoisotopic (exact) mass is 479 g/mol.